The summed E-state index contributed by atoms with van der Waals surface area (Å²) in [6.07, 6.45) is 1.67. The Balaban J connectivity index is 2.17. The number of nitrogens with zero attached hydrogens (tertiary/aromatic N) is 3. The highest BCUT2D eigenvalue weighted by Gasteiger charge is 2.17. The number of carbonyl (C=O) groups excluding carboxylic acids is 1. The van der Waals surface area contributed by atoms with Crippen LogP contribution >= 0.6 is 23.2 Å². The van der Waals surface area contributed by atoms with E-state index >= 15 is 0 Å². The Morgan fingerprint density at radius 2 is 1.93 bits per heavy atom. The normalized spacial score (nSPS) is 11.5. The summed E-state index contributed by atoms with van der Waals surface area (Å²) < 4.78 is 2.13. The van der Waals surface area contributed by atoms with E-state index in [1.165, 1.54) is 4.90 Å². The summed E-state index contributed by atoms with van der Waals surface area (Å²) in [5.74, 6) is -0.320. The zero-order valence-electron chi connectivity index (χ0n) is 15.8. The molecule has 4 nitrogen and oxygen atoms in total. The number of rotatable bonds is 4. The third-order valence-corrected chi connectivity index (χ3v) is 5.26. The zero-order chi connectivity index (χ0) is 20.4. The molecule has 0 saturated heterocycles. The molecule has 142 valence electrons. The van der Waals surface area contributed by atoms with Crippen LogP contribution in [0.3, 0.4) is 0 Å². The number of hydrogen-bond donors (Lipinski definition) is 0. The second-order valence-electron chi connectivity index (χ2n) is 6.71. The Bertz CT molecular complexity index is 1140. The van der Waals surface area contributed by atoms with Crippen molar-refractivity contribution in [2.24, 2.45) is 0 Å². The summed E-state index contributed by atoms with van der Waals surface area (Å²) >= 11 is 12.4. The molecule has 1 aromatic heterocycles. The van der Waals surface area contributed by atoms with E-state index in [0.29, 0.717) is 16.6 Å². The second-order valence-corrected chi connectivity index (χ2v) is 7.55. The molecule has 3 rings (SSSR count). The van der Waals surface area contributed by atoms with Gasteiger partial charge in [-0.3, -0.25) is 4.79 Å². The number of carbonyl (C=O) groups is 1. The number of hydrogen-bond acceptors (Lipinski definition) is 2. The second kappa shape index (κ2) is 8.10. The van der Waals surface area contributed by atoms with Crippen LogP contribution in [0.1, 0.15) is 16.8 Å². The maximum absolute atomic E-state index is 12.3. The lowest BCUT2D eigenvalue weighted by molar-refractivity contribution is -0.124. The average molecular weight is 412 g/mol. The van der Waals surface area contributed by atoms with Crippen LogP contribution < -0.4 is 0 Å². The highest BCUT2D eigenvalue weighted by molar-refractivity contribution is 6.35. The molecule has 0 bridgehead atoms. The summed E-state index contributed by atoms with van der Waals surface area (Å²) in [7, 11) is 3.26. The largest absolute Gasteiger partial charge is 0.344 e. The van der Waals surface area contributed by atoms with E-state index in [0.717, 1.165) is 27.7 Å². The molecule has 1 heterocycles. The number of nitriles is 1. The molecule has 0 spiro atoms. The predicted molar refractivity (Wildman–Crippen MR) is 115 cm³/mol. The lowest BCUT2D eigenvalue weighted by atomic mass is 10.1. The van der Waals surface area contributed by atoms with Crippen molar-refractivity contribution in [3.05, 3.63) is 74.9 Å². The highest BCUT2D eigenvalue weighted by Crippen LogP contribution is 2.30. The Hall–Kier alpha value is -2.74. The summed E-state index contributed by atoms with van der Waals surface area (Å²) in [5.41, 5.74) is 3.85. The van der Waals surface area contributed by atoms with Crippen LogP contribution in [0.25, 0.3) is 17.0 Å². The van der Waals surface area contributed by atoms with Crippen molar-refractivity contribution in [3.8, 4) is 6.07 Å². The molecule has 0 fully saturated rings. The lowest BCUT2D eigenvalue weighted by Crippen LogP contribution is -2.22. The van der Waals surface area contributed by atoms with Gasteiger partial charge >= 0.3 is 0 Å². The van der Waals surface area contributed by atoms with Crippen LogP contribution in [0.4, 0.5) is 0 Å². The van der Waals surface area contributed by atoms with Crippen LogP contribution in [0.2, 0.25) is 10.0 Å². The van der Waals surface area contributed by atoms with Gasteiger partial charge in [0.05, 0.1) is 0 Å². The third-order valence-electron chi connectivity index (χ3n) is 4.67. The molecule has 1 amide bonds. The smallest absolute Gasteiger partial charge is 0.264 e. The van der Waals surface area contributed by atoms with Gasteiger partial charge in [-0.2, -0.15) is 5.26 Å². The first-order chi connectivity index (χ1) is 13.3. The quantitative estimate of drug-likeness (QED) is 0.431. The molecule has 2 aromatic carbocycles. The van der Waals surface area contributed by atoms with Gasteiger partial charge in [0.2, 0.25) is 0 Å². The zero-order valence-corrected chi connectivity index (χ0v) is 17.3. The van der Waals surface area contributed by atoms with Crippen molar-refractivity contribution in [2.75, 3.05) is 14.1 Å². The van der Waals surface area contributed by atoms with Crippen LogP contribution in [0.5, 0.6) is 0 Å². The van der Waals surface area contributed by atoms with E-state index in [-0.39, 0.29) is 11.5 Å². The molecule has 0 aliphatic carbocycles. The number of halogens is 2. The lowest BCUT2D eigenvalue weighted by Gasteiger charge is -2.11. The molecule has 0 saturated carbocycles. The SMILES string of the molecule is Cc1c(C=C(C#N)C(=O)N(C)C)c2ccccc2n1Cc1ccc(Cl)cc1Cl. The Morgan fingerprint density at radius 3 is 2.57 bits per heavy atom. The van der Waals surface area contributed by atoms with E-state index in [2.05, 4.69) is 4.57 Å². The Morgan fingerprint density at radius 1 is 1.21 bits per heavy atom. The number of para-hydroxylation sites is 1. The fourth-order valence-electron chi connectivity index (χ4n) is 3.19. The predicted octanol–water partition coefficient (Wildman–Crippen LogP) is 5.30. The van der Waals surface area contributed by atoms with Gasteiger partial charge in [-0.1, -0.05) is 47.5 Å². The van der Waals surface area contributed by atoms with Crippen LogP contribution in [0, 0.1) is 18.3 Å². The highest BCUT2D eigenvalue weighted by atomic mass is 35.5. The first-order valence-electron chi connectivity index (χ1n) is 8.68. The summed E-state index contributed by atoms with van der Waals surface area (Å²) in [6, 6.07) is 15.4. The van der Waals surface area contributed by atoms with Gasteiger partial charge in [0, 0.05) is 52.8 Å². The Labute approximate surface area is 174 Å². The number of fused-ring (bicyclic) bond motifs is 1. The minimum Gasteiger partial charge on any atom is -0.344 e. The van der Waals surface area contributed by atoms with Crippen molar-refractivity contribution in [3.63, 3.8) is 0 Å². The first-order valence-corrected chi connectivity index (χ1v) is 9.44. The van der Waals surface area contributed by atoms with Crippen molar-refractivity contribution in [2.45, 2.75) is 13.5 Å². The number of amides is 1. The van der Waals surface area contributed by atoms with Crippen molar-refractivity contribution < 1.29 is 4.79 Å². The molecule has 6 heteroatoms. The fraction of sp³-hybridized carbons (Fsp3) is 0.182. The van der Waals surface area contributed by atoms with Crippen molar-refractivity contribution in [1.82, 2.24) is 9.47 Å². The van der Waals surface area contributed by atoms with Gasteiger partial charge in [-0.25, -0.2) is 0 Å². The monoisotopic (exact) mass is 411 g/mol. The maximum atomic E-state index is 12.3. The van der Waals surface area contributed by atoms with Crippen LogP contribution in [-0.2, 0) is 11.3 Å². The van der Waals surface area contributed by atoms with E-state index in [4.69, 9.17) is 23.2 Å². The molecule has 0 radical (unpaired) electrons. The molecule has 28 heavy (non-hydrogen) atoms. The Kier molecular flexibility index (Phi) is 5.79. The third kappa shape index (κ3) is 3.77. The fourth-order valence-corrected chi connectivity index (χ4v) is 3.66. The summed E-state index contributed by atoms with van der Waals surface area (Å²) in [4.78, 5) is 13.7. The molecule has 0 N–H and O–H groups in total. The molecular weight excluding hydrogens is 393 g/mol. The van der Waals surface area contributed by atoms with E-state index in [9.17, 15) is 10.1 Å². The van der Waals surface area contributed by atoms with Gasteiger partial charge in [0.25, 0.3) is 5.91 Å². The van der Waals surface area contributed by atoms with Crippen LogP contribution in [-0.4, -0.2) is 29.5 Å². The molecule has 0 aliphatic rings. The minimum atomic E-state index is -0.320. The van der Waals surface area contributed by atoms with Crippen LogP contribution in [0.15, 0.2) is 48.0 Å². The topological polar surface area (TPSA) is 49.0 Å². The van der Waals surface area contributed by atoms with Gasteiger partial charge < -0.3 is 9.47 Å². The van der Waals surface area contributed by atoms with Gasteiger partial charge in [0.1, 0.15) is 11.6 Å². The first kappa shape index (κ1) is 20.0. The molecular formula is C22H19Cl2N3O. The van der Waals surface area contributed by atoms with Crippen molar-refractivity contribution >= 4 is 46.1 Å². The van der Waals surface area contributed by atoms with E-state index in [1.54, 1.807) is 26.2 Å². The maximum Gasteiger partial charge on any atom is 0.264 e. The number of likely N-dealkylation sites (N-methyl/N-ethyl adjacent to an activating group) is 1. The van der Waals surface area contributed by atoms with Gasteiger partial charge in [-0.05, 0) is 36.8 Å². The summed E-state index contributed by atoms with van der Waals surface area (Å²) in [6.45, 7) is 2.53. The minimum absolute atomic E-state index is 0.0977. The van der Waals surface area contributed by atoms with Gasteiger partial charge in [0.15, 0.2) is 0 Å². The van der Waals surface area contributed by atoms with Gasteiger partial charge in [-0.15, -0.1) is 0 Å². The standard InChI is InChI=1S/C22H19Cl2N3O/c1-14-19(10-16(12-25)22(28)26(2)3)18-6-4-5-7-21(18)27(14)13-15-8-9-17(23)11-20(15)24/h4-11H,13H2,1-3H3. The van der Waals surface area contributed by atoms with Crippen molar-refractivity contribution in [1.29, 1.82) is 5.26 Å². The molecule has 3 aromatic rings. The molecule has 0 aliphatic heterocycles. The number of aromatic nitrogens is 1. The van der Waals surface area contributed by atoms with E-state index < -0.39 is 0 Å². The molecule has 0 atom stereocenters. The summed E-state index contributed by atoms with van der Waals surface area (Å²) in [5, 5.41) is 11.6. The average Bonchev–Trinajstić information content (AvgIpc) is 2.93. The molecule has 0 unspecified atom stereocenters. The van der Waals surface area contributed by atoms with E-state index in [1.807, 2.05) is 49.4 Å². The number of benzene rings is 2.